The third-order valence-electron chi connectivity index (χ3n) is 4.42. The van der Waals surface area contributed by atoms with Crippen molar-refractivity contribution in [1.82, 2.24) is 10.2 Å². The SMILES string of the molecule is O=[N+]([O-])c1ccc(Cl)cc1CN1CCC2CNCC2C1. The minimum absolute atomic E-state index is 0.168. The van der Waals surface area contributed by atoms with Crippen LogP contribution in [0.1, 0.15) is 12.0 Å². The first kappa shape index (κ1) is 13.8. The predicted molar refractivity (Wildman–Crippen MR) is 77.9 cm³/mol. The number of likely N-dealkylation sites (tertiary alicyclic amines) is 1. The van der Waals surface area contributed by atoms with Crippen LogP contribution in [0.3, 0.4) is 0 Å². The van der Waals surface area contributed by atoms with Gasteiger partial charge in [-0.05, 0) is 50.0 Å². The summed E-state index contributed by atoms with van der Waals surface area (Å²) in [5.41, 5.74) is 0.882. The van der Waals surface area contributed by atoms with Gasteiger partial charge in [-0.1, -0.05) is 11.6 Å². The van der Waals surface area contributed by atoms with Crippen molar-refractivity contribution in [2.24, 2.45) is 11.8 Å². The van der Waals surface area contributed by atoms with Crippen molar-refractivity contribution in [3.8, 4) is 0 Å². The lowest BCUT2D eigenvalue weighted by molar-refractivity contribution is -0.385. The molecule has 1 aromatic rings. The fraction of sp³-hybridized carbons (Fsp3) is 0.571. The fourth-order valence-corrected chi connectivity index (χ4v) is 3.55. The van der Waals surface area contributed by atoms with Gasteiger partial charge in [0.05, 0.1) is 4.92 Å². The fourth-order valence-electron chi connectivity index (χ4n) is 3.35. The summed E-state index contributed by atoms with van der Waals surface area (Å²) in [6.45, 7) is 4.82. The highest BCUT2D eigenvalue weighted by molar-refractivity contribution is 6.30. The number of benzene rings is 1. The van der Waals surface area contributed by atoms with Crippen molar-refractivity contribution in [3.05, 3.63) is 38.9 Å². The zero-order chi connectivity index (χ0) is 14.1. The Kier molecular flexibility index (Phi) is 3.92. The summed E-state index contributed by atoms with van der Waals surface area (Å²) in [5.74, 6) is 1.46. The Balaban J connectivity index is 1.74. The molecular formula is C14H18ClN3O2. The van der Waals surface area contributed by atoms with Crippen molar-refractivity contribution >= 4 is 17.3 Å². The van der Waals surface area contributed by atoms with E-state index >= 15 is 0 Å². The van der Waals surface area contributed by atoms with Gasteiger partial charge in [0.1, 0.15) is 0 Å². The molecule has 0 amide bonds. The van der Waals surface area contributed by atoms with Gasteiger partial charge in [-0.2, -0.15) is 0 Å². The number of nitrogens with one attached hydrogen (secondary N) is 1. The van der Waals surface area contributed by atoms with E-state index in [-0.39, 0.29) is 10.6 Å². The van der Waals surface area contributed by atoms with E-state index < -0.39 is 0 Å². The molecular weight excluding hydrogens is 278 g/mol. The number of fused-ring (bicyclic) bond motifs is 1. The highest BCUT2D eigenvalue weighted by Crippen LogP contribution is 2.29. The first-order valence-electron chi connectivity index (χ1n) is 6.99. The smallest absolute Gasteiger partial charge is 0.273 e. The lowest BCUT2D eigenvalue weighted by atomic mass is 9.88. The van der Waals surface area contributed by atoms with Crippen molar-refractivity contribution in [2.45, 2.75) is 13.0 Å². The molecule has 108 valence electrons. The Labute approximate surface area is 123 Å². The molecule has 2 aliphatic rings. The summed E-state index contributed by atoms with van der Waals surface area (Å²) in [6, 6.07) is 4.80. The molecule has 0 aliphatic carbocycles. The number of hydrogen-bond donors (Lipinski definition) is 1. The van der Waals surface area contributed by atoms with Crippen molar-refractivity contribution < 1.29 is 4.92 Å². The normalized spacial score (nSPS) is 26.4. The monoisotopic (exact) mass is 295 g/mol. The van der Waals surface area contributed by atoms with E-state index in [0.717, 1.165) is 32.1 Å². The van der Waals surface area contributed by atoms with Gasteiger partial charge in [0.2, 0.25) is 0 Å². The minimum Gasteiger partial charge on any atom is -0.316 e. The Hall–Kier alpha value is -1.17. The van der Waals surface area contributed by atoms with E-state index in [9.17, 15) is 10.1 Å². The van der Waals surface area contributed by atoms with E-state index in [4.69, 9.17) is 11.6 Å². The van der Waals surface area contributed by atoms with Crippen LogP contribution in [0.25, 0.3) is 0 Å². The van der Waals surface area contributed by atoms with Crippen molar-refractivity contribution in [3.63, 3.8) is 0 Å². The topological polar surface area (TPSA) is 58.4 Å². The maximum Gasteiger partial charge on any atom is 0.273 e. The minimum atomic E-state index is -0.324. The molecule has 3 rings (SSSR count). The van der Waals surface area contributed by atoms with Gasteiger partial charge in [0.25, 0.3) is 5.69 Å². The summed E-state index contributed by atoms with van der Waals surface area (Å²) >= 11 is 5.98. The van der Waals surface area contributed by atoms with Gasteiger partial charge in [-0.15, -0.1) is 0 Å². The number of nitro groups is 1. The van der Waals surface area contributed by atoms with Crippen molar-refractivity contribution in [1.29, 1.82) is 0 Å². The molecule has 6 heteroatoms. The van der Waals surface area contributed by atoms with Gasteiger partial charge in [-0.25, -0.2) is 0 Å². The van der Waals surface area contributed by atoms with Crippen LogP contribution in [0.4, 0.5) is 5.69 Å². The molecule has 2 unspecified atom stereocenters. The van der Waals surface area contributed by atoms with Gasteiger partial charge >= 0.3 is 0 Å². The van der Waals surface area contributed by atoms with Crippen LogP contribution >= 0.6 is 11.6 Å². The highest BCUT2D eigenvalue weighted by Gasteiger charge is 2.33. The first-order valence-corrected chi connectivity index (χ1v) is 7.37. The van der Waals surface area contributed by atoms with E-state index in [0.29, 0.717) is 23.0 Å². The van der Waals surface area contributed by atoms with Crippen LogP contribution in [0.2, 0.25) is 5.02 Å². The molecule has 0 saturated carbocycles. The van der Waals surface area contributed by atoms with E-state index in [2.05, 4.69) is 10.2 Å². The summed E-state index contributed by atoms with van der Waals surface area (Å²) in [5, 5.41) is 15.1. The largest absolute Gasteiger partial charge is 0.316 e. The molecule has 2 atom stereocenters. The third kappa shape index (κ3) is 2.80. The number of hydrogen-bond acceptors (Lipinski definition) is 4. The average Bonchev–Trinajstić information content (AvgIpc) is 2.85. The zero-order valence-corrected chi connectivity index (χ0v) is 12.0. The molecule has 2 heterocycles. The lowest BCUT2D eigenvalue weighted by Crippen LogP contribution is -2.39. The maximum absolute atomic E-state index is 11.1. The maximum atomic E-state index is 11.1. The molecule has 1 N–H and O–H groups in total. The van der Waals surface area contributed by atoms with Gasteiger partial charge in [-0.3, -0.25) is 15.0 Å². The molecule has 1 aromatic carbocycles. The Bertz CT molecular complexity index is 523. The third-order valence-corrected chi connectivity index (χ3v) is 4.66. The second-order valence-electron chi connectivity index (χ2n) is 5.73. The Morgan fingerprint density at radius 2 is 2.20 bits per heavy atom. The Morgan fingerprint density at radius 3 is 3.00 bits per heavy atom. The van der Waals surface area contributed by atoms with Crippen LogP contribution in [0.5, 0.6) is 0 Å². The molecule has 0 aromatic heterocycles. The Morgan fingerprint density at radius 1 is 1.40 bits per heavy atom. The summed E-state index contributed by atoms with van der Waals surface area (Å²) in [6.07, 6.45) is 1.17. The van der Waals surface area contributed by atoms with E-state index in [1.165, 1.54) is 12.5 Å². The van der Waals surface area contributed by atoms with Crippen molar-refractivity contribution in [2.75, 3.05) is 26.2 Å². The second-order valence-corrected chi connectivity index (χ2v) is 6.17. The number of rotatable bonds is 3. The van der Waals surface area contributed by atoms with E-state index in [1.807, 2.05) is 0 Å². The van der Waals surface area contributed by atoms with E-state index in [1.54, 1.807) is 12.1 Å². The average molecular weight is 296 g/mol. The molecule has 2 aliphatic heterocycles. The second kappa shape index (κ2) is 5.68. The predicted octanol–water partition coefficient (Wildman–Crippen LogP) is 2.29. The van der Waals surface area contributed by atoms with Crippen LogP contribution in [0, 0.1) is 22.0 Å². The van der Waals surface area contributed by atoms with Gasteiger partial charge in [0, 0.05) is 29.7 Å². The first-order chi connectivity index (χ1) is 9.63. The summed E-state index contributed by atoms with van der Waals surface area (Å²) in [7, 11) is 0. The summed E-state index contributed by atoms with van der Waals surface area (Å²) in [4.78, 5) is 13.1. The zero-order valence-electron chi connectivity index (χ0n) is 11.2. The molecule has 0 radical (unpaired) electrons. The van der Waals surface area contributed by atoms with Crippen LogP contribution < -0.4 is 5.32 Å². The standard InChI is InChI=1S/C14H18ClN3O2/c15-13-1-2-14(18(19)20)11(5-13)8-17-4-3-10-6-16-7-12(10)9-17/h1-2,5,10,12,16H,3-4,6-9H2. The summed E-state index contributed by atoms with van der Waals surface area (Å²) < 4.78 is 0. The molecule has 2 saturated heterocycles. The molecule has 20 heavy (non-hydrogen) atoms. The quantitative estimate of drug-likeness (QED) is 0.686. The molecule has 0 bridgehead atoms. The van der Waals surface area contributed by atoms with Gasteiger partial charge < -0.3 is 5.32 Å². The van der Waals surface area contributed by atoms with Crippen LogP contribution in [-0.4, -0.2) is 36.0 Å². The number of nitrogens with zero attached hydrogens (tertiary/aromatic N) is 2. The number of halogens is 1. The highest BCUT2D eigenvalue weighted by atomic mass is 35.5. The lowest BCUT2D eigenvalue weighted by Gasteiger charge is -2.34. The number of piperidine rings is 1. The van der Waals surface area contributed by atoms with Crippen LogP contribution in [0.15, 0.2) is 18.2 Å². The molecule has 5 nitrogen and oxygen atoms in total. The molecule has 0 spiro atoms. The van der Waals surface area contributed by atoms with Gasteiger partial charge in [0.15, 0.2) is 0 Å². The van der Waals surface area contributed by atoms with Crippen LogP contribution in [-0.2, 0) is 6.54 Å². The number of nitro benzene ring substituents is 1. The molecule has 2 fully saturated rings.